The predicted octanol–water partition coefficient (Wildman–Crippen LogP) is 3.91. The fourth-order valence-electron chi connectivity index (χ4n) is 3.85. The van der Waals surface area contributed by atoms with Crippen molar-refractivity contribution in [3.63, 3.8) is 0 Å². The van der Waals surface area contributed by atoms with Crippen LogP contribution in [-0.2, 0) is 22.5 Å². The molecule has 7 heteroatoms. The van der Waals surface area contributed by atoms with Gasteiger partial charge in [-0.3, -0.25) is 14.7 Å². The Morgan fingerprint density at radius 1 is 1.23 bits per heavy atom. The van der Waals surface area contributed by atoms with E-state index in [4.69, 9.17) is 9.26 Å². The molecule has 0 atom stereocenters. The summed E-state index contributed by atoms with van der Waals surface area (Å²) in [5, 5.41) is 4.13. The van der Waals surface area contributed by atoms with Crippen molar-refractivity contribution in [1.29, 1.82) is 0 Å². The number of esters is 1. The number of benzene rings is 1. The van der Waals surface area contributed by atoms with E-state index >= 15 is 0 Å². The van der Waals surface area contributed by atoms with E-state index in [1.54, 1.807) is 6.20 Å². The van der Waals surface area contributed by atoms with E-state index in [9.17, 15) is 4.79 Å². The average Bonchev–Trinajstić information content (AvgIpc) is 3.22. The summed E-state index contributed by atoms with van der Waals surface area (Å²) < 4.78 is 10.3. The molecule has 3 heterocycles. The molecule has 7 nitrogen and oxygen atoms in total. The Kier molecular flexibility index (Phi) is 6.13. The standard InChI is InChI=1S/C24H28N4O3/c1-15(2)9-17-5-6-18(10-16(17)3)23-26-22(27-31-23)19-7-8-21(25-11-19)14-28-12-20(13-28)24(29)30-4/h5-8,10-11,15,20H,9,12-14H2,1-4H3. The molecule has 0 saturated carbocycles. The van der Waals surface area contributed by atoms with Crippen molar-refractivity contribution in [3.05, 3.63) is 53.3 Å². The number of hydrogen-bond acceptors (Lipinski definition) is 7. The van der Waals surface area contributed by atoms with Crippen molar-refractivity contribution >= 4 is 5.97 Å². The molecule has 0 bridgehead atoms. The number of likely N-dealkylation sites (tertiary alicyclic amines) is 1. The van der Waals surface area contributed by atoms with Crippen molar-refractivity contribution < 1.29 is 14.1 Å². The molecule has 0 spiro atoms. The Morgan fingerprint density at radius 3 is 2.65 bits per heavy atom. The fourth-order valence-corrected chi connectivity index (χ4v) is 3.85. The fraction of sp³-hybridized carbons (Fsp3) is 0.417. The minimum absolute atomic E-state index is 0.0231. The first-order valence-corrected chi connectivity index (χ1v) is 10.6. The molecule has 0 unspecified atom stereocenters. The zero-order valence-electron chi connectivity index (χ0n) is 18.5. The van der Waals surface area contributed by atoms with Crippen molar-refractivity contribution in [2.24, 2.45) is 11.8 Å². The van der Waals surface area contributed by atoms with E-state index in [2.05, 4.69) is 52.9 Å². The van der Waals surface area contributed by atoms with Gasteiger partial charge in [-0.15, -0.1) is 0 Å². The lowest BCUT2D eigenvalue weighted by Gasteiger charge is -2.36. The molecule has 4 rings (SSSR count). The van der Waals surface area contributed by atoms with Gasteiger partial charge in [-0.1, -0.05) is 25.1 Å². The van der Waals surface area contributed by atoms with Crippen LogP contribution in [0.3, 0.4) is 0 Å². The molecule has 1 aliphatic rings. The van der Waals surface area contributed by atoms with Gasteiger partial charge < -0.3 is 9.26 Å². The van der Waals surface area contributed by atoms with Crippen LogP contribution in [0.5, 0.6) is 0 Å². The smallest absolute Gasteiger partial charge is 0.311 e. The predicted molar refractivity (Wildman–Crippen MR) is 117 cm³/mol. The number of carbonyl (C=O) groups excluding carboxylic acids is 1. The van der Waals surface area contributed by atoms with Gasteiger partial charge in [-0.2, -0.15) is 4.98 Å². The van der Waals surface area contributed by atoms with E-state index in [1.807, 2.05) is 18.2 Å². The zero-order chi connectivity index (χ0) is 22.0. The van der Waals surface area contributed by atoms with Crippen LogP contribution in [0.2, 0.25) is 0 Å². The van der Waals surface area contributed by atoms with Crippen LogP contribution in [-0.4, -0.2) is 46.2 Å². The van der Waals surface area contributed by atoms with Crippen molar-refractivity contribution in [3.8, 4) is 22.8 Å². The molecule has 31 heavy (non-hydrogen) atoms. The van der Waals surface area contributed by atoms with Crippen LogP contribution >= 0.6 is 0 Å². The summed E-state index contributed by atoms with van der Waals surface area (Å²) >= 11 is 0. The topological polar surface area (TPSA) is 81.4 Å². The number of nitrogens with zero attached hydrogens (tertiary/aromatic N) is 4. The molecular formula is C24H28N4O3. The van der Waals surface area contributed by atoms with Crippen LogP contribution in [0, 0.1) is 18.8 Å². The normalized spacial score (nSPS) is 14.6. The second-order valence-corrected chi connectivity index (χ2v) is 8.61. The SMILES string of the molecule is COC(=O)C1CN(Cc2ccc(-c3noc(-c4ccc(CC(C)C)c(C)c4)n3)cn2)C1. The zero-order valence-corrected chi connectivity index (χ0v) is 18.5. The Bertz CT molecular complexity index is 1050. The first-order valence-electron chi connectivity index (χ1n) is 10.6. The lowest BCUT2D eigenvalue weighted by atomic mass is 9.97. The Hall–Kier alpha value is -3.06. The van der Waals surface area contributed by atoms with Crippen LogP contribution in [0.25, 0.3) is 22.8 Å². The van der Waals surface area contributed by atoms with Gasteiger partial charge in [0, 0.05) is 37.0 Å². The lowest BCUT2D eigenvalue weighted by Crippen LogP contribution is -2.50. The minimum atomic E-state index is -0.141. The van der Waals surface area contributed by atoms with Crippen LogP contribution in [0.4, 0.5) is 0 Å². The molecule has 3 aromatic rings. The molecule has 162 valence electrons. The number of methoxy groups -OCH3 is 1. The molecule has 0 aliphatic carbocycles. The third kappa shape index (κ3) is 4.82. The number of carbonyl (C=O) groups is 1. The van der Waals surface area contributed by atoms with Crippen molar-refractivity contribution in [1.82, 2.24) is 20.0 Å². The number of aryl methyl sites for hydroxylation is 1. The highest BCUT2D eigenvalue weighted by molar-refractivity contribution is 5.73. The van der Waals surface area contributed by atoms with Gasteiger partial charge in [0.05, 0.1) is 18.7 Å². The largest absolute Gasteiger partial charge is 0.469 e. The summed E-state index contributed by atoms with van der Waals surface area (Å²) in [4.78, 5) is 22.7. The summed E-state index contributed by atoms with van der Waals surface area (Å²) in [5.41, 5.74) is 5.25. The number of pyridine rings is 1. The number of hydrogen-bond donors (Lipinski definition) is 0. The highest BCUT2D eigenvalue weighted by Gasteiger charge is 2.33. The lowest BCUT2D eigenvalue weighted by molar-refractivity contribution is -0.151. The van der Waals surface area contributed by atoms with Gasteiger partial charge in [-0.05, 0) is 54.7 Å². The Labute approximate surface area is 182 Å². The first kappa shape index (κ1) is 21.2. The highest BCUT2D eigenvalue weighted by Crippen LogP contribution is 2.25. The monoisotopic (exact) mass is 420 g/mol. The maximum atomic E-state index is 11.5. The van der Waals surface area contributed by atoms with Crippen LogP contribution in [0.15, 0.2) is 41.1 Å². The molecule has 1 fully saturated rings. The molecule has 1 saturated heterocycles. The second-order valence-electron chi connectivity index (χ2n) is 8.61. The first-order chi connectivity index (χ1) is 14.9. The number of ether oxygens (including phenoxy) is 1. The third-order valence-corrected chi connectivity index (χ3v) is 5.60. The van der Waals surface area contributed by atoms with E-state index in [0.717, 1.165) is 23.2 Å². The summed E-state index contributed by atoms with van der Waals surface area (Å²) in [6, 6.07) is 10.2. The van der Waals surface area contributed by atoms with E-state index < -0.39 is 0 Å². The molecule has 1 aromatic carbocycles. The summed E-state index contributed by atoms with van der Waals surface area (Å²) in [6.45, 7) is 8.68. The van der Waals surface area contributed by atoms with Crippen molar-refractivity contribution in [2.75, 3.05) is 20.2 Å². The van der Waals surface area contributed by atoms with Gasteiger partial charge in [0.1, 0.15) is 0 Å². The summed E-state index contributed by atoms with van der Waals surface area (Å²) in [6.07, 6.45) is 2.82. The van der Waals surface area contributed by atoms with E-state index in [1.165, 1.54) is 18.2 Å². The average molecular weight is 421 g/mol. The van der Waals surface area contributed by atoms with Gasteiger partial charge in [-0.25, -0.2) is 0 Å². The van der Waals surface area contributed by atoms with Crippen LogP contribution < -0.4 is 0 Å². The third-order valence-electron chi connectivity index (χ3n) is 5.60. The molecule has 0 amide bonds. The summed E-state index contributed by atoms with van der Waals surface area (Å²) in [5.74, 6) is 1.48. The molecule has 0 radical (unpaired) electrons. The molecule has 0 N–H and O–H groups in total. The van der Waals surface area contributed by atoms with Crippen LogP contribution in [0.1, 0.15) is 30.7 Å². The van der Waals surface area contributed by atoms with E-state index in [0.29, 0.717) is 37.3 Å². The number of aromatic nitrogens is 3. The van der Waals surface area contributed by atoms with Crippen molar-refractivity contribution in [2.45, 2.75) is 33.7 Å². The Morgan fingerprint density at radius 2 is 2.00 bits per heavy atom. The molecule has 2 aromatic heterocycles. The van der Waals surface area contributed by atoms with Gasteiger partial charge in [0.25, 0.3) is 5.89 Å². The van der Waals surface area contributed by atoms with E-state index in [-0.39, 0.29) is 11.9 Å². The van der Waals surface area contributed by atoms with Gasteiger partial charge in [0.2, 0.25) is 5.82 Å². The minimum Gasteiger partial charge on any atom is -0.469 e. The van der Waals surface area contributed by atoms with Gasteiger partial charge in [0.15, 0.2) is 0 Å². The van der Waals surface area contributed by atoms with Gasteiger partial charge >= 0.3 is 5.97 Å². The summed E-state index contributed by atoms with van der Waals surface area (Å²) in [7, 11) is 1.43. The maximum Gasteiger partial charge on any atom is 0.311 e. The molecular weight excluding hydrogens is 392 g/mol. The highest BCUT2D eigenvalue weighted by atomic mass is 16.5. The Balaban J connectivity index is 1.40. The second kappa shape index (κ2) is 8.98. The molecule has 1 aliphatic heterocycles. The maximum absolute atomic E-state index is 11.5. The quantitative estimate of drug-likeness (QED) is 0.536. The number of rotatable bonds is 7.